The summed E-state index contributed by atoms with van der Waals surface area (Å²) in [5.41, 5.74) is 3.62. The zero-order valence-electron chi connectivity index (χ0n) is 21.1. The number of halogens is 1. The van der Waals surface area contributed by atoms with Crippen LogP contribution in [0, 0.1) is 6.92 Å². The Kier molecular flexibility index (Phi) is 8.87. The third kappa shape index (κ3) is 5.77. The summed E-state index contributed by atoms with van der Waals surface area (Å²) < 4.78 is 39.5. The van der Waals surface area contributed by atoms with E-state index in [4.69, 9.17) is 21.1 Å². The minimum atomic E-state index is -4.23. The molecule has 0 aliphatic rings. The first-order chi connectivity index (χ1) is 17.2. The van der Waals surface area contributed by atoms with Crippen LogP contribution in [0.4, 0.5) is 11.4 Å². The van der Waals surface area contributed by atoms with E-state index in [-0.39, 0.29) is 21.4 Å². The van der Waals surface area contributed by atoms with Crippen LogP contribution in [0.1, 0.15) is 30.5 Å². The molecule has 0 atom stereocenters. The molecule has 0 fully saturated rings. The summed E-state index contributed by atoms with van der Waals surface area (Å²) in [6, 6.07) is 15.3. The smallest absolute Gasteiger partial charge is 0.268 e. The molecule has 3 aromatic rings. The maximum atomic E-state index is 14.0. The molecular formula is C27H31ClN2O5S. The van der Waals surface area contributed by atoms with E-state index in [0.29, 0.717) is 11.4 Å². The number of carbonyl (C=O) groups is 1. The standard InChI is InChI=1S/C27H31ClN2O5S/c1-6-19-9-8-10-20(7-2)27(19)29-26(31)17-30(21-12-14-23(34-4)22(28)16-21)36(32,33)25-15-18(3)11-13-24(25)35-5/h8-16H,6-7,17H2,1-5H3,(H,29,31). The van der Waals surface area contributed by atoms with Crippen LogP contribution in [0.3, 0.4) is 0 Å². The average molecular weight is 531 g/mol. The average Bonchev–Trinajstić information content (AvgIpc) is 2.87. The first-order valence-electron chi connectivity index (χ1n) is 11.6. The Morgan fingerprint density at radius 2 is 1.56 bits per heavy atom. The fourth-order valence-electron chi connectivity index (χ4n) is 3.94. The highest BCUT2D eigenvalue weighted by Gasteiger charge is 2.31. The normalized spacial score (nSPS) is 11.2. The Balaban J connectivity index is 2.09. The fraction of sp³-hybridized carbons (Fsp3) is 0.296. The van der Waals surface area contributed by atoms with Crippen LogP contribution in [0.15, 0.2) is 59.5 Å². The molecule has 0 aliphatic carbocycles. The highest BCUT2D eigenvalue weighted by molar-refractivity contribution is 7.93. The first kappa shape index (κ1) is 27.4. The van der Waals surface area contributed by atoms with Crippen LogP contribution in [-0.2, 0) is 27.7 Å². The van der Waals surface area contributed by atoms with Crippen molar-refractivity contribution in [3.8, 4) is 11.5 Å². The van der Waals surface area contributed by atoms with Gasteiger partial charge in [0.15, 0.2) is 0 Å². The lowest BCUT2D eigenvalue weighted by atomic mass is 10.0. The minimum absolute atomic E-state index is 0.0482. The second-order valence-electron chi connectivity index (χ2n) is 8.19. The zero-order valence-corrected chi connectivity index (χ0v) is 22.7. The molecule has 1 N–H and O–H groups in total. The Labute approximate surface area is 218 Å². The van der Waals surface area contributed by atoms with Gasteiger partial charge in [0.05, 0.1) is 24.9 Å². The van der Waals surface area contributed by atoms with Gasteiger partial charge in [0.1, 0.15) is 22.9 Å². The Bertz CT molecular complexity index is 1340. The first-order valence-corrected chi connectivity index (χ1v) is 13.4. The van der Waals surface area contributed by atoms with E-state index in [0.717, 1.165) is 33.8 Å². The zero-order chi connectivity index (χ0) is 26.5. The van der Waals surface area contributed by atoms with Crippen molar-refractivity contribution in [1.29, 1.82) is 0 Å². The number of sulfonamides is 1. The Morgan fingerprint density at radius 3 is 2.11 bits per heavy atom. The third-order valence-corrected chi connectivity index (χ3v) is 7.95. The number of para-hydroxylation sites is 1. The molecule has 0 bridgehead atoms. The minimum Gasteiger partial charge on any atom is -0.495 e. The number of hydrogen-bond acceptors (Lipinski definition) is 5. The molecule has 0 unspecified atom stereocenters. The van der Waals surface area contributed by atoms with Crippen LogP contribution >= 0.6 is 11.6 Å². The van der Waals surface area contributed by atoms with Crippen molar-refractivity contribution < 1.29 is 22.7 Å². The number of amides is 1. The molecule has 9 heteroatoms. The van der Waals surface area contributed by atoms with Crippen molar-refractivity contribution in [2.45, 2.75) is 38.5 Å². The quantitative estimate of drug-likeness (QED) is 0.367. The van der Waals surface area contributed by atoms with E-state index >= 15 is 0 Å². The van der Waals surface area contributed by atoms with Gasteiger partial charge < -0.3 is 14.8 Å². The maximum absolute atomic E-state index is 14.0. The summed E-state index contributed by atoms with van der Waals surface area (Å²) in [7, 11) is -1.36. The topological polar surface area (TPSA) is 84.9 Å². The number of anilines is 2. The largest absolute Gasteiger partial charge is 0.495 e. The van der Waals surface area contributed by atoms with Crippen molar-refractivity contribution in [2.24, 2.45) is 0 Å². The van der Waals surface area contributed by atoms with E-state index in [2.05, 4.69) is 5.32 Å². The second-order valence-corrected chi connectivity index (χ2v) is 10.4. The summed E-state index contributed by atoms with van der Waals surface area (Å²) in [5.74, 6) is 0.0859. The number of benzene rings is 3. The SMILES string of the molecule is CCc1cccc(CC)c1NC(=O)CN(c1ccc(OC)c(Cl)c1)S(=O)(=O)c1cc(C)ccc1OC. The predicted octanol–water partition coefficient (Wildman–Crippen LogP) is 5.62. The van der Waals surface area contributed by atoms with Gasteiger partial charge in [0.25, 0.3) is 10.0 Å². The monoisotopic (exact) mass is 530 g/mol. The number of carbonyl (C=O) groups excluding carboxylic acids is 1. The van der Waals surface area contributed by atoms with Crippen molar-refractivity contribution in [1.82, 2.24) is 0 Å². The van der Waals surface area contributed by atoms with Gasteiger partial charge >= 0.3 is 0 Å². The molecule has 0 saturated carbocycles. The lowest BCUT2D eigenvalue weighted by Gasteiger charge is -2.26. The van der Waals surface area contributed by atoms with Gasteiger partial charge in [-0.15, -0.1) is 0 Å². The van der Waals surface area contributed by atoms with Crippen LogP contribution in [0.2, 0.25) is 5.02 Å². The second kappa shape index (κ2) is 11.7. The number of nitrogens with one attached hydrogen (secondary N) is 1. The van der Waals surface area contributed by atoms with Crippen LogP contribution in [-0.4, -0.2) is 35.1 Å². The number of nitrogens with zero attached hydrogens (tertiary/aromatic N) is 1. The van der Waals surface area contributed by atoms with Crippen LogP contribution in [0.25, 0.3) is 0 Å². The van der Waals surface area contributed by atoms with E-state index in [1.54, 1.807) is 31.2 Å². The highest BCUT2D eigenvalue weighted by Crippen LogP contribution is 2.35. The lowest BCUT2D eigenvalue weighted by molar-refractivity contribution is -0.114. The Morgan fingerprint density at radius 1 is 0.944 bits per heavy atom. The summed E-state index contributed by atoms with van der Waals surface area (Å²) >= 11 is 6.33. The van der Waals surface area contributed by atoms with Crippen molar-refractivity contribution >= 4 is 38.9 Å². The van der Waals surface area contributed by atoms with Gasteiger partial charge in [-0.3, -0.25) is 9.10 Å². The summed E-state index contributed by atoms with van der Waals surface area (Å²) in [6.45, 7) is 5.33. The van der Waals surface area contributed by atoms with Gasteiger partial charge in [-0.2, -0.15) is 0 Å². The van der Waals surface area contributed by atoms with Gasteiger partial charge in [0, 0.05) is 5.69 Å². The summed E-state index contributed by atoms with van der Waals surface area (Å²) in [6.07, 6.45) is 1.44. The number of ether oxygens (including phenoxy) is 2. The Hall–Kier alpha value is -3.23. The van der Waals surface area contributed by atoms with E-state index in [1.807, 2.05) is 32.0 Å². The maximum Gasteiger partial charge on any atom is 0.268 e. The van der Waals surface area contributed by atoms with Gasteiger partial charge in [-0.05, 0) is 66.8 Å². The number of aryl methyl sites for hydroxylation is 3. The molecular weight excluding hydrogens is 500 g/mol. The van der Waals surface area contributed by atoms with Crippen molar-refractivity contribution in [3.63, 3.8) is 0 Å². The van der Waals surface area contributed by atoms with Gasteiger partial charge in [-0.25, -0.2) is 8.42 Å². The summed E-state index contributed by atoms with van der Waals surface area (Å²) in [5, 5.41) is 3.17. The van der Waals surface area contributed by atoms with E-state index < -0.39 is 22.5 Å². The molecule has 0 radical (unpaired) electrons. The molecule has 36 heavy (non-hydrogen) atoms. The molecule has 0 saturated heterocycles. The molecule has 1 amide bonds. The van der Waals surface area contributed by atoms with Crippen LogP contribution < -0.4 is 19.1 Å². The van der Waals surface area contributed by atoms with Gasteiger partial charge in [-0.1, -0.05) is 49.7 Å². The lowest BCUT2D eigenvalue weighted by Crippen LogP contribution is -2.38. The summed E-state index contributed by atoms with van der Waals surface area (Å²) in [4.78, 5) is 13.3. The van der Waals surface area contributed by atoms with Gasteiger partial charge in [0.2, 0.25) is 5.91 Å². The van der Waals surface area contributed by atoms with Crippen molar-refractivity contribution in [2.75, 3.05) is 30.4 Å². The van der Waals surface area contributed by atoms with Crippen LogP contribution in [0.5, 0.6) is 11.5 Å². The molecule has 0 aromatic heterocycles. The van der Waals surface area contributed by atoms with E-state index in [1.165, 1.54) is 26.4 Å². The van der Waals surface area contributed by atoms with Crippen molar-refractivity contribution in [3.05, 3.63) is 76.3 Å². The number of rotatable bonds is 10. The number of methoxy groups -OCH3 is 2. The molecule has 0 aliphatic heterocycles. The highest BCUT2D eigenvalue weighted by atomic mass is 35.5. The molecule has 7 nitrogen and oxygen atoms in total. The molecule has 0 heterocycles. The number of hydrogen-bond donors (Lipinski definition) is 1. The predicted molar refractivity (Wildman–Crippen MR) is 144 cm³/mol. The third-order valence-electron chi connectivity index (χ3n) is 5.86. The molecule has 3 aromatic carbocycles. The molecule has 192 valence electrons. The molecule has 3 rings (SSSR count). The van der Waals surface area contributed by atoms with E-state index in [9.17, 15) is 13.2 Å². The fourth-order valence-corrected chi connectivity index (χ4v) is 5.85. The molecule has 0 spiro atoms.